The third-order valence-electron chi connectivity index (χ3n) is 4.44. The van der Waals surface area contributed by atoms with Gasteiger partial charge in [-0.25, -0.2) is 9.59 Å². The fourth-order valence-corrected chi connectivity index (χ4v) is 11.1. The van der Waals surface area contributed by atoms with Gasteiger partial charge in [0.2, 0.25) is 8.32 Å². The molecule has 1 aliphatic carbocycles. The second-order valence-corrected chi connectivity index (χ2v) is 17.7. The summed E-state index contributed by atoms with van der Waals surface area (Å²) in [4.78, 5) is 23.9. The van der Waals surface area contributed by atoms with Crippen LogP contribution in [0.15, 0.2) is 12.2 Å². The fourth-order valence-electron chi connectivity index (χ4n) is 3.29. The van der Waals surface area contributed by atoms with E-state index in [0.29, 0.717) is 6.61 Å². The van der Waals surface area contributed by atoms with Gasteiger partial charge in [0, 0.05) is 18.8 Å². The van der Waals surface area contributed by atoms with Crippen molar-refractivity contribution in [2.24, 2.45) is 0 Å². The maximum atomic E-state index is 12.0. The molecule has 1 aliphatic rings. The minimum Gasteiger partial charge on any atom is -0.460 e. The highest BCUT2D eigenvalue weighted by Crippen LogP contribution is 2.21. The Morgan fingerprint density at radius 3 is 2.18 bits per heavy atom. The molecular weight excluding hydrogens is 392 g/mol. The molecule has 0 heterocycles. The van der Waals surface area contributed by atoms with Crippen LogP contribution >= 0.6 is 0 Å². The Morgan fingerprint density at radius 2 is 1.61 bits per heavy atom. The molecule has 1 saturated carbocycles. The summed E-state index contributed by atoms with van der Waals surface area (Å²) in [7, 11) is -3.94. The van der Waals surface area contributed by atoms with Crippen molar-refractivity contribution in [1.82, 2.24) is 0 Å². The van der Waals surface area contributed by atoms with Crippen molar-refractivity contribution in [2.75, 3.05) is 13.2 Å². The quantitative estimate of drug-likeness (QED) is 0.276. The van der Waals surface area contributed by atoms with E-state index in [0.717, 1.165) is 44.3 Å². The lowest BCUT2D eigenvalue weighted by Crippen LogP contribution is -2.54. The first-order valence-corrected chi connectivity index (χ1v) is 16.8. The summed E-state index contributed by atoms with van der Waals surface area (Å²) < 4.78 is 23.0. The molecule has 1 rings (SSSR count). The van der Waals surface area contributed by atoms with E-state index in [1.807, 2.05) is 6.92 Å². The maximum Gasteiger partial charge on any atom is 0.331 e. The van der Waals surface area contributed by atoms with Crippen LogP contribution in [-0.4, -0.2) is 53.6 Å². The molecule has 162 valence electrons. The zero-order chi connectivity index (χ0) is 21.2. The topological polar surface area (TPSA) is 71.1 Å². The van der Waals surface area contributed by atoms with Crippen LogP contribution in [0.4, 0.5) is 0 Å². The van der Waals surface area contributed by atoms with Gasteiger partial charge in [0.15, 0.2) is 8.32 Å². The summed E-state index contributed by atoms with van der Waals surface area (Å²) in [5, 5.41) is 0. The number of ether oxygens (including phenoxy) is 3. The van der Waals surface area contributed by atoms with E-state index in [-0.39, 0.29) is 18.4 Å². The van der Waals surface area contributed by atoms with Gasteiger partial charge >= 0.3 is 11.9 Å². The van der Waals surface area contributed by atoms with Gasteiger partial charge in [-0.05, 0) is 64.8 Å². The normalized spacial score (nSPS) is 17.5. The zero-order valence-electron chi connectivity index (χ0n) is 18.4. The largest absolute Gasteiger partial charge is 0.460 e. The fraction of sp³-hybridized carbons (Fsp3) is 0.800. The third-order valence-corrected chi connectivity index (χ3v) is 10.9. The van der Waals surface area contributed by atoms with Crippen molar-refractivity contribution in [3.63, 3.8) is 0 Å². The Balaban J connectivity index is 2.53. The summed E-state index contributed by atoms with van der Waals surface area (Å²) in [6.45, 7) is 13.4. The maximum absolute atomic E-state index is 12.0. The van der Waals surface area contributed by atoms with E-state index >= 15 is 0 Å². The van der Waals surface area contributed by atoms with Crippen LogP contribution in [0, 0.1) is 0 Å². The van der Waals surface area contributed by atoms with Gasteiger partial charge in [-0.3, -0.25) is 0 Å². The molecule has 0 bridgehead atoms. The van der Waals surface area contributed by atoms with E-state index in [9.17, 15) is 9.59 Å². The van der Waals surface area contributed by atoms with Crippen LogP contribution in [0.2, 0.25) is 32.7 Å². The SMILES string of the molecule is CCCOC(COC(=O)C=CC(=O)OC1CCCCC1)[Si](C)(C)O[Si](C)(C)C. The van der Waals surface area contributed by atoms with Gasteiger partial charge in [0.1, 0.15) is 18.4 Å². The molecule has 0 aromatic rings. The molecular formula is C20H38O6Si2. The summed E-state index contributed by atoms with van der Waals surface area (Å²) >= 11 is 0. The molecule has 1 atom stereocenters. The van der Waals surface area contributed by atoms with E-state index in [4.69, 9.17) is 18.3 Å². The van der Waals surface area contributed by atoms with Crippen molar-refractivity contribution in [3.05, 3.63) is 12.2 Å². The highest BCUT2D eigenvalue weighted by molar-refractivity contribution is 6.84. The molecule has 0 aliphatic heterocycles. The van der Waals surface area contributed by atoms with Gasteiger partial charge < -0.3 is 18.3 Å². The lowest BCUT2D eigenvalue weighted by atomic mass is 9.98. The van der Waals surface area contributed by atoms with Gasteiger partial charge in [0.25, 0.3) is 0 Å². The molecule has 1 unspecified atom stereocenters. The second-order valence-electron chi connectivity index (χ2n) is 8.84. The van der Waals surface area contributed by atoms with Crippen molar-refractivity contribution in [1.29, 1.82) is 0 Å². The van der Waals surface area contributed by atoms with E-state index < -0.39 is 28.6 Å². The lowest BCUT2D eigenvalue weighted by molar-refractivity contribution is -0.145. The van der Waals surface area contributed by atoms with E-state index in [1.165, 1.54) is 6.42 Å². The standard InChI is InChI=1S/C20H38O6Si2/c1-7-15-23-20(28(5,6)26-27(2,3)4)16-24-18(21)13-14-19(22)25-17-11-9-8-10-12-17/h13-14,17,20H,7-12,15-16H2,1-6H3. The van der Waals surface area contributed by atoms with Crippen LogP contribution in [0.3, 0.4) is 0 Å². The molecule has 0 saturated heterocycles. The minimum atomic E-state index is -2.20. The molecule has 0 amide bonds. The zero-order valence-corrected chi connectivity index (χ0v) is 20.4. The first kappa shape index (κ1) is 25.1. The minimum absolute atomic E-state index is 0.0285. The molecule has 28 heavy (non-hydrogen) atoms. The summed E-state index contributed by atoms with van der Waals surface area (Å²) in [6, 6.07) is 0. The number of hydrogen-bond donors (Lipinski definition) is 0. The molecule has 0 aromatic heterocycles. The van der Waals surface area contributed by atoms with Crippen LogP contribution < -0.4 is 0 Å². The molecule has 0 aromatic carbocycles. The van der Waals surface area contributed by atoms with Gasteiger partial charge in [-0.2, -0.15) is 0 Å². The van der Waals surface area contributed by atoms with Gasteiger partial charge in [0.05, 0.1) is 0 Å². The average Bonchev–Trinajstić information content (AvgIpc) is 2.58. The van der Waals surface area contributed by atoms with Crippen LogP contribution in [0.1, 0.15) is 45.4 Å². The highest BCUT2D eigenvalue weighted by Gasteiger charge is 2.39. The molecule has 0 N–H and O–H groups in total. The monoisotopic (exact) mass is 430 g/mol. The number of esters is 2. The smallest absolute Gasteiger partial charge is 0.331 e. The van der Waals surface area contributed by atoms with E-state index in [2.05, 4.69) is 32.7 Å². The number of rotatable bonds is 11. The van der Waals surface area contributed by atoms with Crippen molar-refractivity contribution in [3.8, 4) is 0 Å². The molecule has 0 radical (unpaired) electrons. The first-order valence-electron chi connectivity index (χ1n) is 10.4. The van der Waals surface area contributed by atoms with Crippen LogP contribution in [0.25, 0.3) is 0 Å². The Labute approximate surface area is 172 Å². The van der Waals surface area contributed by atoms with E-state index in [1.54, 1.807) is 0 Å². The Bertz CT molecular complexity index is 521. The number of carbonyl (C=O) groups is 2. The molecule has 8 heteroatoms. The van der Waals surface area contributed by atoms with Crippen LogP contribution in [-0.2, 0) is 27.9 Å². The average molecular weight is 431 g/mol. The first-order chi connectivity index (χ1) is 13.0. The third kappa shape index (κ3) is 10.5. The molecule has 6 nitrogen and oxygen atoms in total. The predicted molar refractivity (Wildman–Crippen MR) is 115 cm³/mol. The van der Waals surface area contributed by atoms with Crippen molar-refractivity contribution < 1.29 is 27.9 Å². The number of hydrogen-bond acceptors (Lipinski definition) is 6. The Kier molecular flexibility index (Phi) is 10.7. The molecule has 1 fully saturated rings. The molecule has 0 spiro atoms. The summed E-state index contributed by atoms with van der Waals surface area (Å²) in [5.74, 6) is -1.05. The van der Waals surface area contributed by atoms with Gasteiger partial charge in [-0.15, -0.1) is 0 Å². The second kappa shape index (κ2) is 11.9. The Hall–Kier alpha value is -0.966. The van der Waals surface area contributed by atoms with Crippen molar-refractivity contribution >= 4 is 28.6 Å². The number of carbonyl (C=O) groups excluding carboxylic acids is 2. The van der Waals surface area contributed by atoms with Gasteiger partial charge in [-0.1, -0.05) is 13.3 Å². The lowest BCUT2D eigenvalue weighted by Gasteiger charge is -2.37. The summed E-state index contributed by atoms with van der Waals surface area (Å²) in [6.07, 6.45) is 8.31. The highest BCUT2D eigenvalue weighted by atomic mass is 28.4. The predicted octanol–water partition coefficient (Wildman–Crippen LogP) is 4.35. The Morgan fingerprint density at radius 1 is 1.00 bits per heavy atom. The van der Waals surface area contributed by atoms with Crippen LogP contribution in [0.5, 0.6) is 0 Å². The summed E-state index contributed by atoms with van der Waals surface area (Å²) in [5.41, 5.74) is -0.245. The van der Waals surface area contributed by atoms with Crippen molar-refractivity contribution in [2.45, 2.75) is 90.0 Å².